The Labute approximate surface area is 157 Å². The first kappa shape index (κ1) is 16.8. The summed E-state index contributed by atoms with van der Waals surface area (Å²) in [6.45, 7) is 0.464. The number of carbonyl (C=O) groups is 1. The largest absolute Gasteiger partial charge is 0.348 e. The summed E-state index contributed by atoms with van der Waals surface area (Å²) in [5.41, 5.74) is 4.25. The van der Waals surface area contributed by atoms with Gasteiger partial charge < -0.3 is 10.3 Å². The second-order valence-corrected chi connectivity index (χ2v) is 6.24. The molecule has 0 unspecified atom stereocenters. The molecule has 0 aliphatic rings. The van der Waals surface area contributed by atoms with E-state index < -0.39 is 0 Å². The maximum Gasteiger partial charge on any atom is 0.255 e. The number of rotatable bonds is 5. The van der Waals surface area contributed by atoms with Gasteiger partial charge in [0.2, 0.25) is 0 Å². The smallest absolute Gasteiger partial charge is 0.255 e. The van der Waals surface area contributed by atoms with Gasteiger partial charge in [-0.1, -0.05) is 72.8 Å². The number of benzene rings is 3. The molecule has 4 nitrogen and oxygen atoms in total. The molecule has 27 heavy (non-hydrogen) atoms. The van der Waals surface area contributed by atoms with E-state index in [0.29, 0.717) is 17.9 Å². The topological polar surface area (TPSA) is 57.8 Å². The van der Waals surface area contributed by atoms with Crippen LogP contribution in [0.15, 0.2) is 84.9 Å². The summed E-state index contributed by atoms with van der Waals surface area (Å²) in [5.74, 6) is 0.396. The minimum atomic E-state index is -0.165. The average molecular weight is 353 g/mol. The van der Waals surface area contributed by atoms with Crippen LogP contribution in [-0.4, -0.2) is 15.9 Å². The second-order valence-electron chi connectivity index (χ2n) is 6.24. The Balaban J connectivity index is 1.67. The standard InChI is InChI=1S/C23H19N3O/c27-23(24-16-18-11-5-2-6-12-18)19(15-17-9-3-1-4-10-17)22-25-20-13-7-8-14-21(20)26-22/h1-15H,16H2,(H,24,27)(H,25,26)/b19-15+. The van der Waals surface area contributed by atoms with Crippen molar-refractivity contribution in [1.82, 2.24) is 15.3 Å². The number of H-pyrrole nitrogens is 1. The summed E-state index contributed by atoms with van der Waals surface area (Å²) in [6, 6.07) is 27.4. The third-order valence-corrected chi connectivity index (χ3v) is 4.30. The third-order valence-electron chi connectivity index (χ3n) is 4.30. The number of amides is 1. The highest BCUT2D eigenvalue weighted by molar-refractivity contribution is 6.23. The Morgan fingerprint density at radius 3 is 2.30 bits per heavy atom. The van der Waals surface area contributed by atoms with E-state index in [1.165, 1.54) is 0 Å². The quantitative estimate of drug-likeness (QED) is 0.522. The average Bonchev–Trinajstić information content (AvgIpc) is 3.15. The molecular formula is C23H19N3O. The van der Waals surface area contributed by atoms with Crippen LogP contribution in [0.1, 0.15) is 17.0 Å². The molecule has 0 bridgehead atoms. The van der Waals surface area contributed by atoms with Crippen molar-refractivity contribution < 1.29 is 4.79 Å². The van der Waals surface area contributed by atoms with Crippen LogP contribution in [0.4, 0.5) is 0 Å². The maximum atomic E-state index is 13.0. The highest BCUT2D eigenvalue weighted by Gasteiger charge is 2.16. The molecule has 3 aromatic carbocycles. The van der Waals surface area contributed by atoms with Gasteiger partial charge in [0, 0.05) is 6.54 Å². The minimum Gasteiger partial charge on any atom is -0.348 e. The van der Waals surface area contributed by atoms with E-state index in [9.17, 15) is 4.79 Å². The molecular weight excluding hydrogens is 334 g/mol. The Morgan fingerprint density at radius 1 is 0.889 bits per heavy atom. The van der Waals surface area contributed by atoms with Gasteiger partial charge in [0.25, 0.3) is 5.91 Å². The lowest BCUT2D eigenvalue weighted by Gasteiger charge is -2.08. The van der Waals surface area contributed by atoms with Gasteiger partial charge in [-0.15, -0.1) is 0 Å². The first-order valence-electron chi connectivity index (χ1n) is 8.83. The number of imidazole rings is 1. The summed E-state index contributed by atoms with van der Waals surface area (Å²) in [6.07, 6.45) is 1.86. The zero-order chi connectivity index (χ0) is 18.5. The van der Waals surface area contributed by atoms with Gasteiger partial charge in [0.15, 0.2) is 0 Å². The zero-order valence-electron chi connectivity index (χ0n) is 14.7. The zero-order valence-corrected chi connectivity index (χ0v) is 14.7. The summed E-state index contributed by atoms with van der Waals surface area (Å²) in [4.78, 5) is 20.8. The highest BCUT2D eigenvalue weighted by atomic mass is 16.1. The van der Waals surface area contributed by atoms with Gasteiger partial charge in [-0.3, -0.25) is 4.79 Å². The number of hydrogen-bond donors (Lipinski definition) is 2. The fourth-order valence-corrected chi connectivity index (χ4v) is 2.91. The van der Waals surface area contributed by atoms with Gasteiger partial charge in [0.05, 0.1) is 16.6 Å². The molecule has 4 rings (SSSR count). The van der Waals surface area contributed by atoms with E-state index in [4.69, 9.17) is 0 Å². The summed E-state index contributed by atoms with van der Waals surface area (Å²) in [5, 5.41) is 2.99. The molecule has 0 radical (unpaired) electrons. The Bertz CT molecular complexity index is 1050. The fraction of sp³-hybridized carbons (Fsp3) is 0.0435. The summed E-state index contributed by atoms with van der Waals surface area (Å²) in [7, 11) is 0. The van der Waals surface area contributed by atoms with Crippen LogP contribution in [0, 0.1) is 0 Å². The lowest BCUT2D eigenvalue weighted by Crippen LogP contribution is -2.24. The molecule has 0 spiro atoms. The Morgan fingerprint density at radius 2 is 1.56 bits per heavy atom. The summed E-state index contributed by atoms with van der Waals surface area (Å²) < 4.78 is 0. The SMILES string of the molecule is O=C(NCc1ccccc1)/C(=C/c1ccccc1)c1nc2ccccc2[nH]1. The van der Waals surface area contributed by atoms with Gasteiger partial charge in [-0.2, -0.15) is 0 Å². The van der Waals surface area contributed by atoms with Crippen molar-refractivity contribution in [3.63, 3.8) is 0 Å². The van der Waals surface area contributed by atoms with Crippen molar-refractivity contribution in [2.45, 2.75) is 6.54 Å². The van der Waals surface area contributed by atoms with E-state index in [2.05, 4.69) is 15.3 Å². The van der Waals surface area contributed by atoms with Crippen LogP contribution in [0.2, 0.25) is 0 Å². The van der Waals surface area contributed by atoms with Crippen LogP contribution in [0.5, 0.6) is 0 Å². The van der Waals surface area contributed by atoms with Gasteiger partial charge in [-0.25, -0.2) is 4.98 Å². The van der Waals surface area contributed by atoms with E-state index in [1.54, 1.807) is 0 Å². The van der Waals surface area contributed by atoms with Crippen LogP contribution in [-0.2, 0) is 11.3 Å². The molecule has 2 N–H and O–H groups in total. The first-order chi connectivity index (χ1) is 13.3. The Kier molecular flexibility index (Phi) is 4.79. The predicted molar refractivity (Wildman–Crippen MR) is 109 cm³/mol. The molecule has 1 amide bonds. The normalized spacial score (nSPS) is 11.5. The monoisotopic (exact) mass is 353 g/mol. The number of nitrogens with one attached hydrogen (secondary N) is 2. The van der Waals surface area contributed by atoms with Crippen molar-refractivity contribution in [3.05, 3.63) is 102 Å². The molecule has 0 saturated carbocycles. The van der Waals surface area contributed by atoms with Crippen LogP contribution in [0.3, 0.4) is 0 Å². The lowest BCUT2D eigenvalue weighted by molar-refractivity contribution is -0.115. The highest BCUT2D eigenvalue weighted by Crippen LogP contribution is 2.20. The fourth-order valence-electron chi connectivity index (χ4n) is 2.91. The third kappa shape index (κ3) is 3.96. The molecule has 0 aliphatic carbocycles. The molecule has 1 aromatic heterocycles. The van der Waals surface area contributed by atoms with Crippen LogP contribution >= 0.6 is 0 Å². The number of aromatic amines is 1. The van der Waals surface area contributed by atoms with E-state index in [1.807, 2.05) is 91.0 Å². The maximum absolute atomic E-state index is 13.0. The number of aromatic nitrogens is 2. The van der Waals surface area contributed by atoms with E-state index in [0.717, 1.165) is 22.2 Å². The molecule has 4 heteroatoms. The van der Waals surface area contributed by atoms with Gasteiger partial charge >= 0.3 is 0 Å². The predicted octanol–water partition coefficient (Wildman–Crippen LogP) is 4.42. The number of fused-ring (bicyclic) bond motifs is 1. The van der Waals surface area contributed by atoms with Crippen molar-refractivity contribution in [2.24, 2.45) is 0 Å². The molecule has 0 fully saturated rings. The van der Waals surface area contributed by atoms with Crippen LogP contribution in [0.25, 0.3) is 22.7 Å². The number of nitrogens with zero attached hydrogens (tertiary/aromatic N) is 1. The van der Waals surface area contributed by atoms with Crippen molar-refractivity contribution in [3.8, 4) is 0 Å². The number of para-hydroxylation sites is 2. The first-order valence-corrected chi connectivity index (χ1v) is 8.83. The summed E-state index contributed by atoms with van der Waals surface area (Å²) >= 11 is 0. The molecule has 0 atom stereocenters. The van der Waals surface area contributed by atoms with E-state index in [-0.39, 0.29) is 5.91 Å². The molecule has 1 heterocycles. The Hall–Kier alpha value is -3.66. The van der Waals surface area contributed by atoms with Crippen molar-refractivity contribution in [1.29, 1.82) is 0 Å². The van der Waals surface area contributed by atoms with Crippen LogP contribution < -0.4 is 5.32 Å². The van der Waals surface area contributed by atoms with Gasteiger partial charge in [0.1, 0.15) is 5.82 Å². The van der Waals surface area contributed by atoms with Crippen molar-refractivity contribution in [2.75, 3.05) is 0 Å². The second kappa shape index (κ2) is 7.70. The molecule has 132 valence electrons. The van der Waals surface area contributed by atoms with E-state index >= 15 is 0 Å². The lowest BCUT2D eigenvalue weighted by atomic mass is 10.1. The molecule has 4 aromatic rings. The van der Waals surface area contributed by atoms with Gasteiger partial charge in [-0.05, 0) is 29.3 Å². The van der Waals surface area contributed by atoms with Crippen molar-refractivity contribution >= 4 is 28.6 Å². The molecule has 0 aliphatic heterocycles. The molecule has 0 saturated heterocycles. The number of hydrogen-bond acceptors (Lipinski definition) is 2. The minimum absolute atomic E-state index is 0.165. The number of carbonyl (C=O) groups excluding carboxylic acids is 1.